The van der Waals surface area contributed by atoms with Crippen molar-refractivity contribution in [3.63, 3.8) is 0 Å². The van der Waals surface area contributed by atoms with Crippen LogP contribution in [0.15, 0.2) is 18.2 Å². The average molecular weight is 334 g/mol. The number of carboxylic acids is 1. The highest BCUT2D eigenvalue weighted by atomic mass is 16.6. The lowest BCUT2D eigenvalue weighted by molar-refractivity contribution is -0.143. The number of benzene rings is 1. The number of nitrogens with one attached hydrogen (secondary N) is 1. The van der Waals surface area contributed by atoms with Gasteiger partial charge in [-0.2, -0.15) is 0 Å². The largest absolute Gasteiger partial charge is 0.486 e. The van der Waals surface area contributed by atoms with Crippen LogP contribution in [0, 0.1) is 5.92 Å². The van der Waals surface area contributed by atoms with Crippen LogP contribution in [-0.2, 0) is 9.59 Å². The van der Waals surface area contributed by atoms with E-state index in [1.807, 2.05) is 11.8 Å². The van der Waals surface area contributed by atoms with Crippen LogP contribution in [0.5, 0.6) is 11.5 Å². The number of fused-ring (bicyclic) bond motifs is 1. The van der Waals surface area contributed by atoms with Crippen LogP contribution in [0.3, 0.4) is 0 Å². The zero-order valence-corrected chi connectivity index (χ0v) is 13.7. The summed E-state index contributed by atoms with van der Waals surface area (Å²) in [5.41, 5.74) is 0.663. The van der Waals surface area contributed by atoms with Crippen molar-refractivity contribution in [3.05, 3.63) is 18.2 Å². The van der Waals surface area contributed by atoms with Gasteiger partial charge in [0.05, 0.1) is 12.0 Å². The van der Waals surface area contributed by atoms with E-state index in [9.17, 15) is 9.59 Å². The third kappa shape index (κ3) is 3.62. The number of piperidine rings is 1. The summed E-state index contributed by atoms with van der Waals surface area (Å²) < 4.78 is 11.0. The highest BCUT2D eigenvalue weighted by molar-refractivity contribution is 5.94. The summed E-state index contributed by atoms with van der Waals surface area (Å²) in [6, 6.07) is 5.02. The van der Waals surface area contributed by atoms with Gasteiger partial charge in [-0.1, -0.05) is 0 Å². The van der Waals surface area contributed by atoms with Crippen LogP contribution in [-0.4, -0.2) is 54.2 Å². The molecule has 1 unspecified atom stereocenters. The van der Waals surface area contributed by atoms with Crippen LogP contribution in [0.1, 0.15) is 19.8 Å². The molecule has 7 nitrogen and oxygen atoms in total. The van der Waals surface area contributed by atoms with Gasteiger partial charge in [0.1, 0.15) is 13.2 Å². The van der Waals surface area contributed by atoms with E-state index >= 15 is 0 Å². The Morgan fingerprint density at radius 3 is 2.54 bits per heavy atom. The molecule has 1 aromatic rings. The number of carboxylic acid groups (broad SMARTS) is 1. The predicted molar refractivity (Wildman–Crippen MR) is 87.5 cm³/mol. The summed E-state index contributed by atoms with van der Waals surface area (Å²) in [6.45, 7) is 4.11. The number of hydrogen-bond acceptors (Lipinski definition) is 5. The van der Waals surface area contributed by atoms with Crippen LogP contribution >= 0.6 is 0 Å². The number of carbonyl (C=O) groups excluding carboxylic acids is 1. The first-order chi connectivity index (χ1) is 11.5. The molecule has 2 aliphatic rings. The van der Waals surface area contributed by atoms with Gasteiger partial charge in [0.25, 0.3) is 0 Å². The summed E-state index contributed by atoms with van der Waals surface area (Å²) in [4.78, 5) is 25.5. The Balaban J connectivity index is 1.57. The number of hydrogen-bond donors (Lipinski definition) is 2. The molecule has 0 bridgehead atoms. The van der Waals surface area contributed by atoms with E-state index in [0.717, 1.165) is 0 Å². The first-order valence-corrected chi connectivity index (χ1v) is 8.22. The molecule has 0 saturated carbocycles. The third-order valence-corrected chi connectivity index (χ3v) is 4.62. The number of anilines is 1. The lowest BCUT2D eigenvalue weighted by Crippen LogP contribution is -2.46. The van der Waals surface area contributed by atoms with Gasteiger partial charge in [-0.15, -0.1) is 0 Å². The Bertz CT molecular complexity index is 625. The van der Waals surface area contributed by atoms with Crippen molar-refractivity contribution in [3.8, 4) is 11.5 Å². The van der Waals surface area contributed by atoms with E-state index < -0.39 is 5.97 Å². The maximum atomic E-state index is 12.5. The molecule has 2 heterocycles. The smallest absolute Gasteiger partial charge is 0.306 e. The second-order valence-electron chi connectivity index (χ2n) is 6.17. The second-order valence-corrected chi connectivity index (χ2v) is 6.17. The van der Waals surface area contributed by atoms with E-state index in [1.165, 1.54) is 0 Å². The summed E-state index contributed by atoms with van der Waals surface area (Å²) in [5.74, 6) is 0.162. The van der Waals surface area contributed by atoms with Crippen LogP contribution < -0.4 is 14.8 Å². The second kappa shape index (κ2) is 7.09. The number of rotatable bonds is 4. The molecule has 1 saturated heterocycles. The fourth-order valence-corrected chi connectivity index (χ4v) is 3.07. The molecule has 1 atom stereocenters. The van der Waals surface area contributed by atoms with Crippen molar-refractivity contribution in [1.82, 2.24) is 4.90 Å². The standard InChI is InChI=1S/C17H22N2O5/c1-11(19-6-4-12(5-7-19)17(21)22)16(20)18-13-2-3-14-15(10-13)24-9-8-23-14/h2-3,10-12H,4-9H2,1H3,(H,18,20)(H,21,22). The molecule has 0 spiro atoms. The van der Waals surface area contributed by atoms with Gasteiger partial charge in [-0.05, 0) is 45.0 Å². The minimum atomic E-state index is -0.747. The maximum absolute atomic E-state index is 12.5. The van der Waals surface area contributed by atoms with Gasteiger partial charge >= 0.3 is 5.97 Å². The van der Waals surface area contributed by atoms with Gasteiger partial charge in [0, 0.05) is 11.8 Å². The highest BCUT2D eigenvalue weighted by Crippen LogP contribution is 2.32. The molecule has 1 fully saturated rings. The first kappa shape index (κ1) is 16.6. The number of ether oxygens (including phenoxy) is 2. The van der Waals surface area contributed by atoms with Crippen molar-refractivity contribution < 1.29 is 24.2 Å². The van der Waals surface area contributed by atoms with Crippen molar-refractivity contribution in [1.29, 1.82) is 0 Å². The highest BCUT2D eigenvalue weighted by Gasteiger charge is 2.29. The fraction of sp³-hybridized carbons (Fsp3) is 0.529. The molecule has 0 radical (unpaired) electrons. The summed E-state index contributed by atoms with van der Waals surface area (Å²) in [6.07, 6.45) is 1.16. The van der Waals surface area contributed by atoms with E-state index in [2.05, 4.69) is 5.32 Å². The molecule has 3 rings (SSSR count). The summed E-state index contributed by atoms with van der Waals surface area (Å²) in [7, 11) is 0. The number of carbonyl (C=O) groups is 2. The Morgan fingerprint density at radius 1 is 1.21 bits per heavy atom. The summed E-state index contributed by atoms with van der Waals surface area (Å²) in [5, 5.41) is 11.9. The van der Waals surface area contributed by atoms with Crippen LogP contribution in [0.2, 0.25) is 0 Å². The monoisotopic (exact) mass is 334 g/mol. The van der Waals surface area contributed by atoms with E-state index in [-0.39, 0.29) is 17.9 Å². The predicted octanol–water partition coefficient (Wildman–Crippen LogP) is 1.58. The SMILES string of the molecule is CC(C(=O)Nc1ccc2c(c1)OCCO2)N1CCC(C(=O)O)CC1. The van der Waals surface area contributed by atoms with E-state index in [0.29, 0.717) is 56.3 Å². The van der Waals surface area contributed by atoms with Crippen LogP contribution in [0.4, 0.5) is 5.69 Å². The number of aliphatic carboxylic acids is 1. The Morgan fingerprint density at radius 2 is 1.88 bits per heavy atom. The third-order valence-electron chi connectivity index (χ3n) is 4.62. The normalized spacial score (nSPS) is 19.5. The molecule has 1 aromatic carbocycles. The summed E-state index contributed by atoms with van der Waals surface area (Å²) >= 11 is 0. The fourth-order valence-electron chi connectivity index (χ4n) is 3.07. The molecule has 2 N–H and O–H groups in total. The van der Waals surface area contributed by atoms with Crippen molar-refractivity contribution in [2.24, 2.45) is 5.92 Å². The number of amides is 1. The van der Waals surface area contributed by atoms with Crippen molar-refractivity contribution in [2.75, 3.05) is 31.6 Å². The Hall–Kier alpha value is -2.28. The van der Waals surface area contributed by atoms with E-state index in [4.69, 9.17) is 14.6 Å². The Labute approximate surface area is 140 Å². The lowest BCUT2D eigenvalue weighted by Gasteiger charge is -2.33. The first-order valence-electron chi connectivity index (χ1n) is 8.22. The van der Waals surface area contributed by atoms with Crippen LogP contribution in [0.25, 0.3) is 0 Å². The van der Waals surface area contributed by atoms with Crippen molar-refractivity contribution >= 4 is 17.6 Å². The average Bonchev–Trinajstić information content (AvgIpc) is 2.61. The molecule has 7 heteroatoms. The molecule has 130 valence electrons. The molecule has 0 aliphatic carbocycles. The maximum Gasteiger partial charge on any atom is 0.306 e. The molecule has 0 aromatic heterocycles. The number of likely N-dealkylation sites (tertiary alicyclic amines) is 1. The van der Waals surface area contributed by atoms with Gasteiger partial charge in [-0.25, -0.2) is 0 Å². The van der Waals surface area contributed by atoms with Crippen molar-refractivity contribution in [2.45, 2.75) is 25.8 Å². The van der Waals surface area contributed by atoms with Gasteiger partial charge in [0.15, 0.2) is 11.5 Å². The molecule has 24 heavy (non-hydrogen) atoms. The molecular formula is C17H22N2O5. The topological polar surface area (TPSA) is 88.1 Å². The minimum absolute atomic E-state index is 0.111. The Kier molecular flexibility index (Phi) is 4.89. The van der Waals surface area contributed by atoms with E-state index in [1.54, 1.807) is 18.2 Å². The quantitative estimate of drug-likeness (QED) is 0.869. The van der Waals surface area contributed by atoms with Gasteiger partial charge in [0.2, 0.25) is 5.91 Å². The number of nitrogens with zero attached hydrogens (tertiary/aromatic N) is 1. The minimum Gasteiger partial charge on any atom is -0.486 e. The molecule has 1 amide bonds. The van der Waals surface area contributed by atoms with Gasteiger partial charge in [-0.3, -0.25) is 14.5 Å². The zero-order chi connectivity index (χ0) is 17.1. The molecule has 2 aliphatic heterocycles. The zero-order valence-electron chi connectivity index (χ0n) is 13.7. The lowest BCUT2D eigenvalue weighted by atomic mass is 9.96. The van der Waals surface area contributed by atoms with Gasteiger partial charge < -0.3 is 19.9 Å². The molecular weight excluding hydrogens is 312 g/mol.